The van der Waals surface area contributed by atoms with Crippen LogP contribution in [0.4, 0.5) is 5.69 Å². The number of ether oxygens (including phenoxy) is 2. The van der Waals surface area contributed by atoms with E-state index in [9.17, 15) is 13.2 Å². The van der Waals surface area contributed by atoms with Gasteiger partial charge in [0.1, 0.15) is 0 Å². The van der Waals surface area contributed by atoms with Crippen LogP contribution in [0.3, 0.4) is 0 Å². The Kier molecular flexibility index (Phi) is 6.90. The second-order valence-corrected chi connectivity index (χ2v) is 8.34. The molecule has 1 N–H and O–H groups in total. The lowest BCUT2D eigenvalue weighted by atomic mass is 10.0. The number of anilines is 1. The minimum Gasteiger partial charge on any atom is -0.493 e. The fourth-order valence-electron chi connectivity index (χ4n) is 2.75. The first-order chi connectivity index (χ1) is 13.2. The molecular weight excluding hydrogens is 380 g/mol. The summed E-state index contributed by atoms with van der Waals surface area (Å²) in [7, 11) is 1.25. The number of benzene rings is 2. The summed E-state index contributed by atoms with van der Waals surface area (Å²) in [6.45, 7) is 1.98. The quantitative estimate of drug-likeness (QED) is 0.728. The van der Waals surface area contributed by atoms with Gasteiger partial charge in [-0.15, -0.1) is 0 Å². The normalized spacial score (nSPS) is 12.2. The van der Waals surface area contributed by atoms with E-state index < -0.39 is 10.0 Å². The van der Waals surface area contributed by atoms with Crippen LogP contribution in [-0.4, -0.2) is 41.8 Å². The minimum atomic E-state index is -3.35. The first-order valence-corrected chi connectivity index (χ1v) is 10.6. The molecule has 2 rings (SSSR count). The molecule has 0 heterocycles. The SMILES string of the molecule is CC[C@H](NC(=O)c1ccc(N(C)S(C)(=O)=O)cc1)c1ccc(OC)c(OC)c1. The maximum absolute atomic E-state index is 12.6. The van der Waals surface area contributed by atoms with Crippen LogP contribution in [0.2, 0.25) is 0 Å². The van der Waals surface area contributed by atoms with Crippen LogP contribution in [-0.2, 0) is 10.0 Å². The summed E-state index contributed by atoms with van der Waals surface area (Å²) >= 11 is 0. The molecule has 0 saturated carbocycles. The molecule has 0 saturated heterocycles. The molecule has 0 unspecified atom stereocenters. The van der Waals surface area contributed by atoms with Gasteiger partial charge in [0, 0.05) is 12.6 Å². The number of carbonyl (C=O) groups is 1. The van der Waals surface area contributed by atoms with Gasteiger partial charge in [-0.1, -0.05) is 13.0 Å². The van der Waals surface area contributed by atoms with Crippen LogP contribution in [0.1, 0.15) is 35.3 Å². The maximum atomic E-state index is 12.6. The minimum absolute atomic E-state index is 0.203. The average molecular weight is 407 g/mol. The molecule has 0 radical (unpaired) electrons. The Hall–Kier alpha value is -2.74. The topological polar surface area (TPSA) is 84.9 Å². The Morgan fingerprint density at radius 2 is 1.68 bits per heavy atom. The predicted octanol–water partition coefficient (Wildman–Crippen LogP) is 2.98. The van der Waals surface area contributed by atoms with E-state index in [1.807, 2.05) is 19.1 Å². The lowest BCUT2D eigenvalue weighted by Crippen LogP contribution is -2.28. The first kappa shape index (κ1) is 21.6. The van der Waals surface area contributed by atoms with E-state index in [0.717, 1.165) is 16.1 Å². The second-order valence-electron chi connectivity index (χ2n) is 6.33. The Morgan fingerprint density at radius 1 is 1.07 bits per heavy atom. The highest BCUT2D eigenvalue weighted by Gasteiger charge is 2.17. The molecular formula is C20H26N2O5S. The van der Waals surface area contributed by atoms with Gasteiger partial charge in [-0.2, -0.15) is 0 Å². The Balaban J connectivity index is 2.18. The smallest absolute Gasteiger partial charge is 0.251 e. The van der Waals surface area contributed by atoms with Crippen molar-refractivity contribution >= 4 is 21.6 Å². The van der Waals surface area contributed by atoms with Gasteiger partial charge in [0.15, 0.2) is 11.5 Å². The molecule has 0 bridgehead atoms. The molecule has 0 aliphatic rings. The third-order valence-corrected chi connectivity index (χ3v) is 5.72. The summed E-state index contributed by atoms with van der Waals surface area (Å²) in [6.07, 6.45) is 1.82. The summed E-state index contributed by atoms with van der Waals surface area (Å²) in [5.41, 5.74) is 1.84. The fraction of sp³-hybridized carbons (Fsp3) is 0.350. The standard InChI is InChI=1S/C20H26N2O5S/c1-6-17(15-9-12-18(26-3)19(13-15)27-4)21-20(23)14-7-10-16(11-8-14)22(2)28(5,24)25/h7-13,17H,6H2,1-5H3,(H,21,23)/t17-/m0/s1. The number of sulfonamides is 1. The molecule has 0 aliphatic carbocycles. The summed E-state index contributed by atoms with van der Waals surface area (Å²) in [5.74, 6) is 0.981. The van der Waals surface area contributed by atoms with Gasteiger partial charge in [0.05, 0.1) is 32.2 Å². The highest BCUT2D eigenvalue weighted by molar-refractivity contribution is 7.92. The largest absolute Gasteiger partial charge is 0.493 e. The van der Waals surface area contributed by atoms with Crippen LogP contribution in [0.25, 0.3) is 0 Å². The van der Waals surface area contributed by atoms with Crippen molar-refractivity contribution in [2.75, 3.05) is 31.8 Å². The van der Waals surface area contributed by atoms with Gasteiger partial charge in [-0.25, -0.2) is 8.42 Å². The second kappa shape index (κ2) is 8.97. The van der Waals surface area contributed by atoms with Crippen molar-refractivity contribution in [1.82, 2.24) is 5.32 Å². The van der Waals surface area contributed by atoms with E-state index in [4.69, 9.17) is 9.47 Å². The number of hydrogen-bond donors (Lipinski definition) is 1. The van der Waals surface area contributed by atoms with E-state index in [2.05, 4.69) is 5.32 Å². The average Bonchev–Trinajstić information content (AvgIpc) is 2.70. The van der Waals surface area contributed by atoms with Crippen molar-refractivity contribution in [3.05, 3.63) is 53.6 Å². The van der Waals surface area contributed by atoms with Crippen molar-refractivity contribution in [3.8, 4) is 11.5 Å². The number of nitrogens with one attached hydrogen (secondary N) is 1. The van der Waals surface area contributed by atoms with Crippen molar-refractivity contribution in [3.63, 3.8) is 0 Å². The molecule has 0 fully saturated rings. The Labute approximate surface area is 166 Å². The lowest BCUT2D eigenvalue weighted by Gasteiger charge is -2.20. The molecule has 1 amide bonds. The number of hydrogen-bond acceptors (Lipinski definition) is 5. The van der Waals surface area contributed by atoms with E-state index in [1.54, 1.807) is 44.6 Å². The van der Waals surface area contributed by atoms with Crippen LogP contribution in [0.5, 0.6) is 11.5 Å². The molecule has 2 aromatic rings. The fourth-order valence-corrected chi connectivity index (χ4v) is 3.25. The Morgan fingerprint density at radius 3 is 2.18 bits per heavy atom. The van der Waals surface area contributed by atoms with Gasteiger partial charge >= 0.3 is 0 Å². The van der Waals surface area contributed by atoms with Crippen molar-refractivity contribution < 1.29 is 22.7 Å². The van der Waals surface area contributed by atoms with Crippen molar-refractivity contribution in [1.29, 1.82) is 0 Å². The van der Waals surface area contributed by atoms with Gasteiger partial charge in [-0.05, 0) is 48.4 Å². The van der Waals surface area contributed by atoms with Gasteiger partial charge in [0.25, 0.3) is 5.91 Å². The van der Waals surface area contributed by atoms with Gasteiger partial charge in [-0.3, -0.25) is 9.10 Å². The molecule has 2 aromatic carbocycles. The third-order valence-electron chi connectivity index (χ3n) is 4.51. The molecule has 152 valence electrons. The molecule has 0 spiro atoms. The van der Waals surface area contributed by atoms with Crippen LogP contribution >= 0.6 is 0 Å². The van der Waals surface area contributed by atoms with Crippen molar-refractivity contribution in [2.24, 2.45) is 0 Å². The van der Waals surface area contributed by atoms with Gasteiger partial charge < -0.3 is 14.8 Å². The van der Waals surface area contributed by atoms with Gasteiger partial charge in [0.2, 0.25) is 10.0 Å². The molecule has 0 aromatic heterocycles. The molecule has 1 atom stereocenters. The monoisotopic (exact) mass is 406 g/mol. The summed E-state index contributed by atoms with van der Waals surface area (Å²) in [6, 6.07) is 11.8. The summed E-state index contributed by atoms with van der Waals surface area (Å²) in [4.78, 5) is 12.6. The summed E-state index contributed by atoms with van der Waals surface area (Å²) < 4.78 is 35.0. The zero-order chi connectivity index (χ0) is 20.9. The number of carbonyl (C=O) groups excluding carboxylic acids is 1. The van der Waals surface area contributed by atoms with E-state index in [1.165, 1.54) is 7.05 Å². The van der Waals surface area contributed by atoms with E-state index >= 15 is 0 Å². The number of amides is 1. The highest BCUT2D eigenvalue weighted by Crippen LogP contribution is 2.31. The van der Waals surface area contributed by atoms with Crippen LogP contribution in [0.15, 0.2) is 42.5 Å². The lowest BCUT2D eigenvalue weighted by molar-refractivity contribution is 0.0935. The van der Waals surface area contributed by atoms with Crippen LogP contribution < -0.4 is 19.1 Å². The zero-order valence-electron chi connectivity index (χ0n) is 16.7. The number of methoxy groups -OCH3 is 2. The predicted molar refractivity (Wildman–Crippen MR) is 110 cm³/mol. The molecule has 28 heavy (non-hydrogen) atoms. The van der Waals surface area contributed by atoms with Crippen LogP contribution in [0, 0.1) is 0 Å². The Bertz CT molecular complexity index is 926. The van der Waals surface area contributed by atoms with E-state index in [-0.39, 0.29) is 11.9 Å². The number of nitrogens with zero attached hydrogens (tertiary/aromatic N) is 1. The highest BCUT2D eigenvalue weighted by atomic mass is 32.2. The van der Waals surface area contributed by atoms with E-state index in [0.29, 0.717) is 29.2 Å². The molecule has 0 aliphatic heterocycles. The summed E-state index contributed by atoms with van der Waals surface area (Å²) in [5, 5.41) is 3.00. The first-order valence-electron chi connectivity index (χ1n) is 8.78. The molecule has 8 heteroatoms. The maximum Gasteiger partial charge on any atom is 0.251 e. The number of rotatable bonds is 8. The zero-order valence-corrected chi connectivity index (χ0v) is 17.5. The third kappa shape index (κ3) is 4.95. The molecule has 7 nitrogen and oxygen atoms in total. The van der Waals surface area contributed by atoms with Crippen molar-refractivity contribution in [2.45, 2.75) is 19.4 Å².